The van der Waals surface area contributed by atoms with Crippen molar-refractivity contribution in [1.82, 2.24) is 0 Å². The van der Waals surface area contributed by atoms with Gasteiger partial charge in [-0.05, 0) is 24.3 Å². The van der Waals surface area contributed by atoms with E-state index >= 15 is 0 Å². The Kier molecular flexibility index (Phi) is 2.64. The van der Waals surface area contributed by atoms with Gasteiger partial charge in [-0.3, -0.25) is 0 Å². The zero-order valence-corrected chi connectivity index (χ0v) is 14.0. The highest BCUT2D eigenvalue weighted by molar-refractivity contribution is 5.93. The van der Waals surface area contributed by atoms with Crippen LogP contribution >= 0.6 is 0 Å². The average molecular weight is 330 g/mol. The van der Waals surface area contributed by atoms with Gasteiger partial charge in [0, 0.05) is 32.3 Å². The summed E-state index contributed by atoms with van der Waals surface area (Å²) in [5.41, 5.74) is 4.42. The molecule has 2 heteroatoms. The molecule has 2 nitrogen and oxygen atoms in total. The summed E-state index contributed by atoms with van der Waals surface area (Å²) < 4.78 is 0. The molecule has 0 aromatic heterocycles. The van der Waals surface area contributed by atoms with Gasteiger partial charge in [0.2, 0.25) is 0 Å². The number of nitrogens with zero attached hydrogens (tertiary/aromatic N) is 2. The number of benzene rings is 4. The van der Waals surface area contributed by atoms with Gasteiger partial charge in [-0.2, -0.15) is 0 Å². The molecule has 2 aliphatic rings. The minimum atomic E-state index is 1.05. The van der Waals surface area contributed by atoms with Crippen LogP contribution in [0.5, 0.6) is 0 Å². The molecule has 2 heterocycles. The van der Waals surface area contributed by atoms with Crippen molar-refractivity contribution in [2.45, 2.75) is 0 Å². The molecule has 6 rings (SSSR count). The molecule has 0 atom stereocenters. The Hall–Kier alpha value is -3.52. The fourth-order valence-corrected chi connectivity index (χ4v) is 4.03. The van der Waals surface area contributed by atoms with E-state index in [4.69, 9.17) is 9.98 Å². The van der Waals surface area contributed by atoms with Gasteiger partial charge in [0.1, 0.15) is 0 Å². The van der Waals surface area contributed by atoms with Crippen molar-refractivity contribution in [3.63, 3.8) is 0 Å². The zero-order valence-electron chi connectivity index (χ0n) is 14.0. The number of hydrogen-bond acceptors (Lipinski definition) is 2. The Morgan fingerprint density at radius 2 is 0.846 bits per heavy atom. The molecule has 0 saturated heterocycles. The third-order valence-electron chi connectivity index (χ3n) is 5.19. The standard InChI is InChI=1S/C24H14N2/c1-3-7-15(8-4-1)23-17-11-13-20-22-18(12-14-19(25-23)21(17)22)24(26-20)16-9-5-2-6-10-16/h1-14H. The van der Waals surface area contributed by atoms with Crippen LogP contribution in [0.25, 0.3) is 22.2 Å². The van der Waals surface area contributed by atoms with Crippen molar-refractivity contribution in [2.24, 2.45) is 9.98 Å². The van der Waals surface area contributed by atoms with Crippen LogP contribution in [0.2, 0.25) is 0 Å². The largest absolute Gasteiger partial charge is 0.247 e. The van der Waals surface area contributed by atoms with Crippen molar-refractivity contribution in [3.8, 4) is 0 Å². The lowest BCUT2D eigenvalue weighted by molar-refractivity contribution is 1.39. The SMILES string of the molecule is c1ccc(C2=c3ccc4c5c(ccc(c35)=N2)=C(c2ccccc2)N=4)cc1. The lowest BCUT2D eigenvalue weighted by Crippen LogP contribution is -2.20. The first-order valence-electron chi connectivity index (χ1n) is 8.79. The molecule has 0 saturated carbocycles. The Bertz CT molecular complexity index is 1330. The van der Waals surface area contributed by atoms with E-state index in [2.05, 4.69) is 72.8 Å². The Morgan fingerprint density at radius 1 is 0.423 bits per heavy atom. The fraction of sp³-hybridized carbons (Fsp3) is 0. The molecular weight excluding hydrogens is 316 g/mol. The number of rotatable bonds is 2. The summed E-state index contributed by atoms with van der Waals surface area (Å²) in [6, 6.07) is 29.4. The normalized spacial score (nSPS) is 13.8. The van der Waals surface area contributed by atoms with Crippen LogP contribution in [-0.4, -0.2) is 0 Å². The molecule has 0 radical (unpaired) electrons. The maximum atomic E-state index is 4.94. The van der Waals surface area contributed by atoms with Gasteiger partial charge in [-0.1, -0.05) is 60.7 Å². The van der Waals surface area contributed by atoms with E-state index in [1.807, 2.05) is 12.1 Å². The highest BCUT2D eigenvalue weighted by Gasteiger charge is 2.18. The second-order valence-corrected chi connectivity index (χ2v) is 6.67. The van der Waals surface area contributed by atoms with Crippen LogP contribution in [-0.2, 0) is 0 Å². The average Bonchev–Trinajstić information content (AvgIpc) is 3.27. The highest BCUT2D eigenvalue weighted by Crippen LogP contribution is 2.19. The third kappa shape index (κ3) is 1.76. The molecule has 0 fully saturated rings. The van der Waals surface area contributed by atoms with Gasteiger partial charge in [0.05, 0.1) is 22.1 Å². The van der Waals surface area contributed by atoms with Gasteiger partial charge >= 0.3 is 0 Å². The van der Waals surface area contributed by atoms with E-state index in [0.29, 0.717) is 0 Å². The van der Waals surface area contributed by atoms with Crippen LogP contribution in [0, 0.1) is 0 Å². The first-order chi connectivity index (χ1) is 12.9. The molecule has 4 aromatic rings. The van der Waals surface area contributed by atoms with Crippen LogP contribution in [0.15, 0.2) is 94.9 Å². The summed E-state index contributed by atoms with van der Waals surface area (Å²) in [7, 11) is 0. The van der Waals surface area contributed by atoms with Gasteiger partial charge < -0.3 is 0 Å². The molecule has 120 valence electrons. The number of hydrogen-bond donors (Lipinski definition) is 0. The molecule has 0 amide bonds. The van der Waals surface area contributed by atoms with E-state index in [-0.39, 0.29) is 0 Å². The molecule has 0 spiro atoms. The molecule has 2 aliphatic heterocycles. The molecular formula is C24H14N2. The molecule has 4 aromatic carbocycles. The Morgan fingerprint density at radius 3 is 1.27 bits per heavy atom. The second-order valence-electron chi connectivity index (χ2n) is 6.67. The van der Waals surface area contributed by atoms with Crippen molar-refractivity contribution >= 4 is 22.2 Å². The summed E-state index contributed by atoms with van der Waals surface area (Å²) >= 11 is 0. The van der Waals surface area contributed by atoms with E-state index < -0.39 is 0 Å². The predicted octanol–water partition coefficient (Wildman–Crippen LogP) is 2.42. The minimum Gasteiger partial charge on any atom is -0.247 e. The first kappa shape index (κ1) is 13.7. The van der Waals surface area contributed by atoms with E-state index in [9.17, 15) is 0 Å². The topological polar surface area (TPSA) is 24.7 Å². The van der Waals surface area contributed by atoms with Crippen LogP contribution in [0.3, 0.4) is 0 Å². The molecule has 0 N–H and O–H groups in total. The van der Waals surface area contributed by atoms with E-state index in [1.165, 1.54) is 21.2 Å². The molecule has 26 heavy (non-hydrogen) atoms. The summed E-state index contributed by atoms with van der Waals surface area (Å²) in [6.45, 7) is 0. The van der Waals surface area contributed by atoms with Gasteiger partial charge in [-0.15, -0.1) is 0 Å². The maximum absolute atomic E-state index is 4.94. The smallest absolute Gasteiger partial charge is 0.0788 e. The van der Waals surface area contributed by atoms with Crippen LogP contribution in [0.1, 0.15) is 11.1 Å². The maximum Gasteiger partial charge on any atom is 0.0788 e. The lowest BCUT2D eigenvalue weighted by Gasteiger charge is -1.99. The van der Waals surface area contributed by atoms with Crippen molar-refractivity contribution in [1.29, 1.82) is 0 Å². The summed E-state index contributed by atoms with van der Waals surface area (Å²) in [6.07, 6.45) is 0. The molecule has 0 bridgehead atoms. The van der Waals surface area contributed by atoms with Crippen molar-refractivity contribution < 1.29 is 0 Å². The van der Waals surface area contributed by atoms with Gasteiger partial charge in [0.15, 0.2) is 0 Å². The Balaban J connectivity index is 1.78. The van der Waals surface area contributed by atoms with Gasteiger partial charge in [-0.25, -0.2) is 9.98 Å². The monoisotopic (exact) mass is 330 g/mol. The zero-order chi connectivity index (χ0) is 17.1. The molecule has 0 unspecified atom stereocenters. The predicted molar refractivity (Wildman–Crippen MR) is 103 cm³/mol. The Labute approximate surface area is 149 Å². The minimum absolute atomic E-state index is 1.05. The van der Waals surface area contributed by atoms with Crippen molar-refractivity contribution in [3.05, 3.63) is 117 Å². The van der Waals surface area contributed by atoms with Crippen LogP contribution < -0.4 is 21.2 Å². The fourth-order valence-electron chi connectivity index (χ4n) is 4.03. The lowest BCUT2D eigenvalue weighted by atomic mass is 10.0. The van der Waals surface area contributed by atoms with E-state index in [0.717, 1.165) is 33.2 Å². The second kappa shape index (κ2) is 4.99. The van der Waals surface area contributed by atoms with Gasteiger partial charge in [0.25, 0.3) is 0 Å². The summed E-state index contributed by atoms with van der Waals surface area (Å²) in [5.74, 6) is 0. The molecule has 0 aliphatic carbocycles. The highest BCUT2D eigenvalue weighted by atomic mass is 14.8. The summed E-state index contributed by atoms with van der Waals surface area (Å²) in [5, 5.41) is 6.96. The first-order valence-corrected chi connectivity index (χ1v) is 8.79. The van der Waals surface area contributed by atoms with Crippen molar-refractivity contribution in [2.75, 3.05) is 0 Å². The van der Waals surface area contributed by atoms with E-state index in [1.54, 1.807) is 0 Å². The quantitative estimate of drug-likeness (QED) is 0.539. The third-order valence-corrected chi connectivity index (χ3v) is 5.19. The summed E-state index contributed by atoms with van der Waals surface area (Å²) in [4.78, 5) is 9.88. The van der Waals surface area contributed by atoms with Crippen LogP contribution in [0.4, 0.5) is 0 Å².